The highest BCUT2D eigenvalue weighted by Gasteiger charge is 2.21. The van der Waals surface area contributed by atoms with Crippen molar-refractivity contribution in [2.24, 2.45) is 0 Å². The van der Waals surface area contributed by atoms with Gasteiger partial charge in [0.15, 0.2) is 11.6 Å². The van der Waals surface area contributed by atoms with E-state index in [1.54, 1.807) is 0 Å². The summed E-state index contributed by atoms with van der Waals surface area (Å²) in [6.07, 6.45) is 0. The Hall–Kier alpha value is -2.09. The van der Waals surface area contributed by atoms with Gasteiger partial charge in [-0.2, -0.15) is 0 Å². The molecule has 1 aliphatic rings. The van der Waals surface area contributed by atoms with E-state index in [4.69, 9.17) is 0 Å². The average molecular weight is 287 g/mol. The number of nitrogens with zero attached hydrogens (tertiary/aromatic N) is 1. The molecule has 0 bridgehead atoms. The lowest BCUT2D eigenvalue weighted by Gasteiger charge is -2.26. The number of hydrogen-bond acceptors (Lipinski definition) is 3. The van der Waals surface area contributed by atoms with Crippen LogP contribution in [-0.2, 0) is 9.59 Å². The van der Waals surface area contributed by atoms with Crippen LogP contribution in [0, 0.1) is 17.5 Å². The predicted molar refractivity (Wildman–Crippen MR) is 64.4 cm³/mol. The van der Waals surface area contributed by atoms with Crippen LogP contribution in [0.4, 0.5) is 18.9 Å². The molecule has 0 unspecified atom stereocenters. The number of anilines is 1. The quantitative estimate of drug-likeness (QED) is 0.795. The van der Waals surface area contributed by atoms with E-state index in [2.05, 4.69) is 10.6 Å². The lowest BCUT2D eigenvalue weighted by Crippen LogP contribution is -2.50. The summed E-state index contributed by atoms with van der Waals surface area (Å²) in [5.74, 6) is -4.61. The molecule has 0 saturated carbocycles. The number of nitrogens with one attached hydrogen (secondary N) is 2. The van der Waals surface area contributed by atoms with Gasteiger partial charge in [0, 0.05) is 25.2 Å². The second-order valence-corrected chi connectivity index (χ2v) is 4.29. The number of amides is 2. The van der Waals surface area contributed by atoms with Crippen LogP contribution in [0.15, 0.2) is 12.1 Å². The summed E-state index contributed by atoms with van der Waals surface area (Å²) in [6.45, 7) is 0.775. The summed E-state index contributed by atoms with van der Waals surface area (Å²) in [6, 6.07) is 0.906. The zero-order valence-corrected chi connectivity index (χ0v) is 10.4. The first-order valence-electron chi connectivity index (χ1n) is 5.90. The van der Waals surface area contributed by atoms with Crippen molar-refractivity contribution in [2.45, 2.75) is 0 Å². The van der Waals surface area contributed by atoms with Crippen molar-refractivity contribution < 1.29 is 22.8 Å². The third-order valence-corrected chi connectivity index (χ3v) is 2.81. The van der Waals surface area contributed by atoms with Gasteiger partial charge in [-0.25, -0.2) is 13.2 Å². The largest absolute Gasteiger partial charge is 0.331 e. The van der Waals surface area contributed by atoms with Gasteiger partial charge in [0.05, 0.1) is 18.8 Å². The van der Waals surface area contributed by atoms with Crippen molar-refractivity contribution in [2.75, 3.05) is 31.5 Å². The molecule has 0 radical (unpaired) electrons. The number of hydrogen-bond donors (Lipinski definition) is 2. The smallest absolute Gasteiger partial charge is 0.244 e. The lowest BCUT2D eigenvalue weighted by molar-refractivity contribution is -0.135. The highest BCUT2D eigenvalue weighted by Crippen LogP contribution is 2.18. The van der Waals surface area contributed by atoms with Crippen molar-refractivity contribution in [3.63, 3.8) is 0 Å². The minimum atomic E-state index is -1.34. The first-order chi connectivity index (χ1) is 9.47. The second-order valence-electron chi connectivity index (χ2n) is 4.29. The number of rotatable bonds is 3. The van der Waals surface area contributed by atoms with E-state index in [1.807, 2.05) is 0 Å². The van der Waals surface area contributed by atoms with Crippen molar-refractivity contribution in [3.05, 3.63) is 29.6 Å². The maximum Gasteiger partial charge on any atom is 0.244 e. The third kappa shape index (κ3) is 3.27. The molecule has 20 heavy (non-hydrogen) atoms. The molecule has 1 aromatic rings. The Labute approximate surface area is 112 Å². The van der Waals surface area contributed by atoms with Crippen LogP contribution in [0.3, 0.4) is 0 Å². The maximum atomic E-state index is 13.3. The molecule has 0 spiro atoms. The van der Waals surface area contributed by atoms with Crippen LogP contribution >= 0.6 is 0 Å². The first-order valence-corrected chi connectivity index (χ1v) is 5.90. The van der Waals surface area contributed by atoms with E-state index in [0.29, 0.717) is 25.2 Å². The van der Waals surface area contributed by atoms with Gasteiger partial charge in [-0.3, -0.25) is 9.59 Å². The Morgan fingerprint density at radius 2 is 1.95 bits per heavy atom. The minimum absolute atomic E-state index is 0.132. The highest BCUT2D eigenvalue weighted by atomic mass is 19.2. The van der Waals surface area contributed by atoms with Crippen molar-refractivity contribution >= 4 is 17.5 Å². The van der Waals surface area contributed by atoms with Crippen molar-refractivity contribution in [1.29, 1.82) is 0 Å². The molecule has 2 N–H and O–H groups in total. The molecule has 8 heteroatoms. The summed E-state index contributed by atoms with van der Waals surface area (Å²) in [7, 11) is 0. The van der Waals surface area contributed by atoms with Crippen LogP contribution in [-0.4, -0.2) is 42.9 Å². The van der Waals surface area contributed by atoms with Gasteiger partial charge >= 0.3 is 0 Å². The molecule has 2 rings (SSSR count). The third-order valence-electron chi connectivity index (χ3n) is 2.81. The summed E-state index contributed by atoms with van der Waals surface area (Å²) in [4.78, 5) is 24.4. The number of carbonyl (C=O) groups is 2. The SMILES string of the molecule is O=C(CN1CCNCC1=O)Nc1cc(F)c(F)cc1F. The van der Waals surface area contributed by atoms with E-state index in [-0.39, 0.29) is 19.0 Å². The summed E-state index contributed by atoms with van der Waals surface area (Å²) >= 11 is 0. The molecule has 1 heterocycles. The Kier molecular flexibility index (Phi) is 4.23. The number of halogens is 3. The standard InChI is InChI=1S/C12H12F3N3O2/c13-7-3-9(15)10(4-8(7)14)17-11(19)6-18-2-1-16-5-12(18)20/h3-4,16H,1-2,5-6H2,(H,17,19). The molecule has 0 aliphatic carbocycles. The second kappa shape index (κ2) is 5.91. The molecule has 0 aromatic heterocycles. The Balaban J connectivity index is 2.01. The number of piperazine rings is 1. The van der Waals surface area contributed by atoms with Crippen LogP contribution in [0.1, 0.15) is 0 Å². The Morgan fingerprint density at radius 3 is 2.65 bits per heavy atom. The zero-order chi connectivity index (χ0) is 14.7. The normalized spacial score (nSPS) is 15.3. The summed E-state index contributed by atoms with van der Waals surface area (Å²) < 4.78 is 39.0. The fraction of sp³-hybridized carbons (Fsp3) is 0.333. The van der Waals surface area contributed by atoms with E-state index < -0.39 is 29.0 Å². The van der Waals surface area contributed by atoms with Gasteiger partial charge in [0.1, 0.15) is 5.82 Å². The van der Waals surface area contributed by atoms with Crippen LogP contribution < -0.4 is 10.6 Å². The van der Waals surface area contributed by atoms with Crippen LogP contribution in [0.25, 0.3) is 0 Å². The molecule has 0 atom stereocenters. The molecule has 1 saturated heterocycles. The van der Waals surface area contributed by atoms with Gasteiger partial charge in [0.25, 0.3) is 0 Å². The van der Waals surface area contributed by atoms with Crippen molar-refractivity contribution in [3.8, 4) is 0 Å². The van der Waals surface area contributed by atoms with Crippen LogP contribution in [0.5, 0.6) is 0 Å². The summed E-state index contributed by atoms with van der Waals surface area (Å²) in [5.41, 5.74) is -0.462. The monoisotopic (exact) mass is 287 g/mol. The van der Waals surface area contributed by atoms with E-state index in [0.717, 1.165) is 0 Å². The molecule has 1 aromatic carbocycles. The van der Waals surface area contributed by atoms with E-state index >= 15 is 0 Å². The molecule has 5 nitrogen and oxygen atoms in total. The highest BCUT2D eigenvalue weighted by molar-refractivity contribution is 5.95. The van der Waals surface area contributed by atoms with Crippen molar-refractivity contribution in [1.82, 2.24) is 10.2 Å². The molecular weight excluding hydrogens is 275 g/mol. The molecule has 1 fully saturated rings. The zero-order valence-electron chi connectivity index (χ0n) is 10.4. The first kappa shape index (κ1) is 14.3. The molecule has 108 valence electrons. The van der Waals surface area contributed by atoms with E-state index in [1.165, 1.54) is 4.90 Å². The van der Waals surface area contributed by atoms with Gasteiger partial charge < -0.3 is 15.5 Å². The number of carbonyl (C=O) groups excluding carboxylic acids is 2. The molecular formula is C12H12F3N3O2. The summed E-state index contributed by atoms with van der Waals surface area (Å²) in [5, 5.41) is 4.95. The van der Waals surface area contributed by atoms with Gasteiger partial charge in [-0.05, 0) is 0 Å². The maximum absolute atomic E-state index is 13.3. The van der Waals surface area contributed by atoms with Crippen LogP contribution in [0.2, 0.25) is 0 Å². The minimum Gasteiger partial charge on any atom is -0.331 e. The van der Waals surface area contributed by atoms with Gasteiger partial charge in [-0.15, -0.1) is 0 Å². The van der Waals surface area contributed by atoms with E-state index in [9.17, 15) is 22.8 Å². The van der Waals surface area contributed by atoms with Gasteiger partial charge in [-0.1, -0.05) is 0 Å². The topological polar surface area (TPSA) is 61.4 Å². The molecule has 1 aliphatic heterocycles. The lowest BCUT2D eigenvalue weighted by atomic mass is 10.2. The fourth-order valence-corrected chi connectivity index (χ4v) is 1.79. The predicted octanol–water partition coefficient (Wildman–Crippen LogP) is 0.474. The number of benzene rings is 1. The Bertz CT molecular complexity index is 551. The fourth-order valence-electron chi connectivity index (χ4n) is 1.79. The average Bonchev–Trinajstić information content (AvgIpc) is 2.39. The molecule has 2 amide bonds. The Morgan fingerprint density at radius 1 is 1.25 bits per heavy atom. The van der Waals surface area contributed by atoms with Gasteiger partial charge in [0.2, 0.25) is 11.8 Å².